The molecule has 1 aliphatic carbocycles. The molecule has 2 amide bonds. The molecule has 7 heteroatoms. The maximum Gasteiger partial charge on any atom is 0.326 e. The first-order chi connectivity index (χ1) is 10.5. The average molecular weight is 369 g/mol. The van der Waals surface area contributed by atoms with Crippen LogP contribution in [-0.2, 0) is 14.3 Å². The summed E-state index contributed by atoms with van der Waals surface area (Å²) in [5.74, 6) is -1.33. The molecule has 0 heterocycles. The number of ether oxygens (including phenoxy) is 1. The van der Waals surface area contributed by atoms with E-state index in [1.807, 2.05) is 0 Å². The van der Waals surface area contributed by atoms with Gasteiger partial charge in [0.2, 0.25) is 0 Å². The summed E-state index contributed by atoms with van der Waals surface area (Å²) in [5.41, 5.74) is 0.440. The largest absolute Gasteiger partial charge is 0.451 e. The Labute approximate surface area is 136 Å². The molecule has 0 aromatic heterocycles. The van der Waals surface area contributed by atoms with Gasteiger partial charge in [-0.2, -0.15) is 0 Å². The van der Waals surface area contributed by atoms with Crippen LogP contribution in [0.3, 0.4) is 0 Å². The van der Waals surface area contributed by atoms with Crippen molar-refractivity contribution in [1.82, 2.24) is 10.6 Å². The van der Waals surface area contributed by atoms with Gasteiger partial charge >= 0.3 is 5.97 Å². The quantitative estimate of drug-likeness (QED) is 0.743. The highest BCUT2D eigenvalue weighted by Crippen LogP contribution is 2.18. The van der Waals surface area contributed by atoms with Gasteiger partial charge in [0.05, 0.1) is 0 Å². The van der Waals surface area contributed by atoms with Crippen molar-refractivity contribution in [2.45, 2.75) is 31.9 Å². The van der Waals surface area contributed by atoms with Crippen LogP contribution in [0.4, 0.5) is 0 Å². The number of carbonyl (C=O) groups is 3. The summed E-state index contributed by atoms with van der Waals surface area (Å²) in [6.45, 7) is 1.22. The first-order valence-corrected chi connectivity index (χ1v) is 7.78. The molecule has 1 aromatic rings. The van der Waals surface area contributed by atoms with Crippen LogP contribution in [0.1, 0.15) is 30.1 Å². The number of amides is 2. The maximum absolute atomic E-state index is 11.8. The molecular weight excluding hydrogens is 352 g/mol. The van der Waals surface area contributed by atoms with Gasteiger partial charge in [-0.3, -0.25) is 14.4 Å². The molecule has 1 aromatic carbocycles. The van der Waals surface area contributed by atoms with Crippen molar-refractivity contribution in [2.24, 2.45) is 0 Å². The van der Waals surface area contributed by atoms with Crippen molar-refractivity contribution < 1.29 is 19.1 Å². The smallest absolute Gasteiger partial charge is 0.326 e. The Bertz CT molecular complexity index is 569. The van der Waals surface area contributed by atoms with E-state index in [2.05, 4.69) is 26.6 Å². The van der Waals surface area contributed by atoms with Gasteiger partial charge in [-0.1, -0.05) is 15.9 Å². The van der Waals surface area contributed by atoms with Gasteiger partial charge < -0.3 is 15.4 Å². The van der Waals surface area contributed by atoms with Crippen molar-refractivity contribution in [3.8, 4) is 0 Å². The molecular formula is C15H17BrN2O4. The molecule has 2 N–H and O–H groups in total. The summed E-state index contributed by atoms with van der Waals surface area (Å²) >= 11 is 3.28. The second-order valence-electron chi connectivity index (χ2n) is 5.10. The summed E-state index contributed by atoms with van der Waals surface area (Å²) in [7, 11) is 0. The van der Waals surface area contributed by atoms with Crippen LogP contribution < -0.4 is 10.6 Å². The van der Waals surface area contributed by atoms with Gasteiger partial charge in [0.1, 0.15) is 6.54 Å². The van der Waals surface area contributed by atoms with E-state index in [4.69, 9.17) is 4.74 Å². The third-order valence-electron chi connectivity index (χ3n) is 3.10. The molecule has 1 unspecified atom stereocenters. The summed E-state index contributed by atoms with van der Waals surface area (Å²) in [6.07, 6.45) is 1.07. The van der Waals surface area contributed by atoms with Gasteiger partial charge in [0.15, 0.2) is 6.10 Å². The second-order valence-corrected chi connectivity index (χ2v) is 6.02. The maximum atomic E-state index is 11.8. The van der Waals surface area contributed by atoms with Crippen LogP contribution in [0, 0.1) is 0 Å². The molecule has 0 saturated heterocycles. The zero-order valence-electron chi connectivity index (χ0n) is 12.1. The zero-order valence-corrected chi connectivity index (χ0v) is 13.7. The lowest BCUT2D eigenvalue weighted by molar-refractivity contribution is -0.153. The lowest BCUT2D eigenvalue weighted by Crippen LogP contribution is -2.39. The molecule has 0 bridgehead atoms. The molecule has 1 aliphatic rings. The SMILES string of the molecule is CC(OC(=O)CNC(=O)c1ccc(Br)cc1)C(=O)NC1CC1. The minimum atomic E-state index is -0.863. The van der Waals surface area contributed by atoms with Crippen molar-refractivity contribution >= 4 is 33.7 Å². The highest BCUT2D eigenvalue weighted by Gasteiger charge is 2.27. The van der Waals surface area contributed by atoms with Crippen LogP contribution in [0.2, 0.25) is 0 Å². The lowest BCUT2D eigenvalue weighted by atomic mass is 10.2. The number of nitrogens with one attached hydrogen (secondary N) is 2. The van der Waals surface area contributed by atoms with Crippen LogP contribution >= 0.6 is 15.9 Å². The van der Waals surface area contributed by atoms with Gasteiger partial charge in [0, 0.05) is 16.1 Å². The summed E-state index contributed by atoms with van der Waals surface area (Å²) in [4.78, 5) is 35.1. The number of hydrogen-bond donors (Lipinski definition) is 2. The summed E-state index contributed by atoms with van der Waals surface area (Å²) in [5, 5.41) is 5.20. The standard InChI is InChI=1S/C15H17BrN2O4/c1-9(14(20)18-12-6-7-12)22-13(19)8-17-15(21)10-2-4-11(16)5-3-10/h2-5,9,12H,6-8H2,1H3,(H,17,21)(H,18,20). The molecule has 1 saturated carbocycles. The third kappa shape index (κ3) is 5.14. The Kier molecular flexibility index (Phi) is 5.54. The van der Waals surface area contributed by atoms with E-state index in [-0.39, 0.29) is 24.4 Å². The third-order valence-corrected chi connectivity index (χ3v) is 3.63. The van der Waals surface area contributed by atoms with E-state index >= 15 is 0 Å². The van der Waals surface area contributed by atoms with Gasteiger partial charge in [-0.05, 0) is 44.0 Å². The Morgan fingerprint density at radius 3 is 2.50 bits per heavy atom. The van der Waals surface area contributed by atoms with E-state index < -0.39 is 12.1 Å². The summed E-state index contributed by atoms with van der Waals surface area (Å²) < 4.78 is 5.83. The Balaban J connectivity index is 1.73. The number of carbonyl (C=O) groups excluding carboxylic acids is 3. The molecule has 0 aliphatic heterocycles. The van der Waals surface area contributed by atoms with Crippen molar-refractivity contribution in [1.29, 1.82) is 0 Å². The van der Waals surface area contributed by atoms with E-state index in [0.29, 0.717) is 5.56 Å². The topological polar surface area (TPSA) is 84.5 Å². The normalized spacial score (nSPS) is 14.8. The predicted octanol–water partition coefficient (Wildman–Crippen LogP) is 1.39. The molecule has 1 atom stereocenters. The van der Waals surface area contributed by atoms with Crippen LogP contribution in [0.15, 0.2) is 28.7 Å². The zero-order chi connectivity index (χ0) is 16.1. The van der Waals surface area contributed by atoms with Crippen molar-refractivity contribution in [3.63, 3.8) is 0 Å². The fraction of sp³-hybridized carbons (Fsp3) is 0.400. The van der Waals surface area contributed by atoms with Crippen molar-refractivity contribution in [3.05, 3.63) is 34.3 Å². The van der Waals surface area contributed by atoms with E-state index in [1.165, 1.54) is 6.92 Å². The highest BCUT2D eigenvalue weighted by molar-refractivity contribution is 9.10. The molecule has 6 nitrogen and oxygen atoms in total. The molecule has 1 fully saturated rings. The van der Waals surface area contributed by atoms with Crippen LogP contribution in [-0.4, -0.2) is 36.5 Å². The Morgan fingerprint density at radius 2 is 1.91 bits per heavy atom. The first kappa shape index (κ1) is 16.5. The van der Waals surface area contributed by atoms with Crippen LogP contribution in [0.5, 0.6) is 0 Å². The van der Waals surface area contributed by atoms with Gasteiger partial charge in [-0.25, -0.2) is 0 Å². The summed E-state index contributed by atoms with van der Waals surface area (Å²) in [6, 6.07) is 6.95. The number of halogens is 1. The van der Waals surface area contributed by atoms with Crippen molar-refractivity contribution in [2.75, 3.05) is 6.54 Å². The molecule has 2 rings (SSSR count). The van der Waals surface area contributed by atoms with Gasteiger partial charge in [0.25, 0.3) is 11.8 Å². The van der Waals surface area contributed by atoms with E-state index in [9.17, 15) is 14.4 Å². The minimum Gasteiger partial charge on any atom is -0.451 e. The molecule has 0 spiro atoms. The molecule has 0 radical (unpaired) electrons. The van der Waals surface area contributed by atoms with E-state index in [0.717, 1.165) is 17.3 Å². The second kappa shape index (κ2) is 7.40. The van der Waals surface area contributed by atoms with Gasteiger partial charge in [-0.15, -0.1) is 0 Å². The Hall–Kier alpha value is -1.89. The lowest BCUT2D eigenvalue weighted by Gasteiger charge is -2.13. The monoisotopic (exact) mass is 368 g/mol. The number of rotatable bonds is 6. The fourth-order valence-electron chi connectivity index (χ4n) is 1.69. The first-order valence-electron chi connectivity index (χ1n) is 6.99. The predicted molar refractivity (Wildman–Crippen MR) is 83.2 cm³/mol. The number of hydrogen-bond acceptors (Lipinski definition) is 4. The fourth-order valence-corrected chi connectivity index (χ4v) is 1.96. The highest BCUT2D eigenvalue weighted by atomic mass is 79.9. The Morgan fingerprint density at radius 1 is 1.27 bits per heavy atom. The van der Waals surface area contributed by atoms with E-state index in [1.54, 1.807) is 24.3 Å². The van der Waals surface area contributed by atoms with Crippen LogP contribution in [0.25, 0.3) is 0 Å². The molecule has 22 heavy (non-hydrogen) atoms. The number of esters is 1. The minimum absolute atomic E-state index is 0.214. The number of benzene rings is 1. The molecule has 118 valence electrons. The average Bonchev–Trinajstić information content (AvgIpc) is 3.29.